The van der Waals surface area contributed by atoms with E-state index in [0.29, 0.717) is 6.54 Å². The van der Waals surface area contributed by atoms with Crippen molar-refractivity contribution in [1.82, 2.24) is 10.1 Å². The molecule has 0 amide bonds. The van der Waals surface area contributed by atoms with Crippen LogP contribution < -0.4 is 5.73 Å². The van der Waals surface area contributed by atoms with E-state index in [2.05, 4.69) is 30.9 Å². The molecule has 2 N–H and O–H groups in total. The third-order valence-electron chi connectivity index (χ3n) is 2.54. The maximum Gasteiger partial charge on any atom is 0.232 e. The summed E-state index contributed by atoms with van der Waals surface area (Å²) in [5.74, 6) is 1.50. The van der Waals surface area contributed by atoms with E-state index >= 15 is 0 Å². The molecule has 1 rings (SSSR count). The third-order valence-corrected chi connectivity index (χ3v) is 2.54. The average Bonchev–Trinajstić information content (AvgIpc) is 2.63. The van der Waals surface area contributed by atoms with E-state index < -0.39 is 0 Å². The summed E-state index contributed by atoms with van der Waals surface area (Å²) in [6.07, 6.45) is 2.71. The lowest BCUT2D eigenvalue weighted by Gasteiger charge is -2.15. The van der Waals surface area contributed by atoms with Crippen molar-refractivity contribution >= 4 is 0 Å². The lowest BCUT2D eigenvalue weighted by Crippen LogP contribution is -2.16. The Morgan fingerprint density at radius 2 is 2.14 bits per heavy atom. The van der Waals surface area contributed by atoms with Crippen LogP contribution in [-0.2, 0) is 11.8 Å². The summed E-state index contributed by atoms with van der Waals surface area (Å²) in [6.45, 7) is 6.99. The summed E-state index contributed by atoms with van der Waals surface area (Å²) < 4.78 is 5.22. The molecule has 4 heteroatoms. The number of aryl methyl sites for hydroxylation is 1. The summed E-state index contributed by atoms with van der Waals surface area (Å²) in [7, 11) is 0. The van der Waals surface area contributed by atoms with Gasteiger partial charge in [-0.3, -0.25) is 0 Å². The Morgan fingerprint density at radius 1 is 1.43 bits per heavy atom. The minimum atomic E-state index is -0.0199. The Hall–Kier alpha value is -0.900. The molecule has 0 fully saturated rings. The van der Waals surface area contributed by atoms with E-state index in [9.17, 15) is 0 Å². The molecule has 0 aromatic carbocycles. The highest BCUT2D eigenvalue weighted by Crippen LogP contribution is 2.24. The summed E-state index contributed by atoms with van der Waals surface area (Å²) in [5, 5.41) is 3.93. The molecule has 80 valence electrons. The monoisotopic (exact) mass is 197 g/mol. The van der Waals surface area contributed by atoms with Crippen molar-refractivity contribution in [2.75, 3.05) is 6.54 Å². The van der Waals surface area contributed by atoms with Crippen LogP contribution in [0.25, 0.3) is 0 Å². The lowest BCUT2D eigenvalue weighted by molar-refractivity contribution is 0.300. The number of hydrogen-bond donors (Lipinski definition) is 1. The van der Waals surface area contributed by atoms with Gasteiger partial charge < -0.3 is 10.3 Å². The van der Waals surface area contributed by atoms with E-state index in [0.717, 1.165) is 31.0 Å². The fourth-order valence-electron chi connectivity index (χ4n) is 1.04. The van der Waals surface area contributed by atoms with Gasteiger partial charge in [-0.25, -0.2) is 0 Å². The molecule has 0 aliphatic heterocycles. The van der Waals surface area contributed by atoms with Crippen LogP contribution in [0.3, 0.4) is 0 Å². The average molecular weight is 197 g/mol. The van der Waals surface area contributed by atoms with Crippen molar-refractivity contribution < 1.29 is 4.52 Å². The molecule has 0 saturated carbocycles. The van der Waals surface area contributed by atoms with Gasteiger partial charge in [0.05, 0.1) is 0 Å². The molecular weight excluding hydrogens is 178 g/mol. The van der Waals surface area contributed by atoms with Gasteiger partial charge in [-0.2, -0.15) is 4.98 Å². The minimum absolute atomic E-state index is 0.0199. The molecule has 0 unspecified atom stereocenters. The van der Waals surface area contributed by atoms with Gasteiger partial charge in [0.25, 0.3) is 0 Å². The molecule has 0 saturated heterocycles. The Labute approximate surface area is 84.9 Å². The zero-order valence-electron chi connectivity index (χ0n) is 9.21. The van der Waals surface area contributed by atoms with Crippen molar-refractivity contribution in [3.63, 3.8) is 0 Å². The third kappa shape index (κ3) is 2.54. The standard InChI is InChI=1S/C10H19N3O/c1-4-10(2,3)9-12-8(13-14-9)6-5-7-11/h4-7,11H2,1-3H3. The summed E-state index contributed by atoms with van der Waals surface area (Å²) in [5.41, 5.74) is 5.39. The first-order chi connectivity index (χ1) is 6.60. The molecule has 0 spiro atoms. The lowest BCUT2D eigenvalue weighted by atomic mass is 9.90. The molecule has 0 aliphatic carbocycles. The van der Waals surface area contributed by atoms with Gasteiger partial charge in [0, 0.05) is 11.8 Å². The van der Waals surface area contributed by atoms with Crippen molar-refractivity contribution in [3.05, 3.63) is 11.7 Å². The van der Waals surface area contributed by atoms with Crippen LogP contribution in [0.15, 0.2) is 4.52 Å². The van der Waals surface area contributed by atoms with Crippen LogP contribution in [0, 0.1) is 0 Å². The minimum Gasteiger partial charge on any atom is -0.339 e. The first-order valence-corrected chi connectivity index (χ1v) is 5.13. The second-order valence-corrected chi connectivity index (χ2v) is 4.15. The van der Waals surface area contributed by atoms with Gasteiger partial charge in [0.15, 0.2) is 5.82 Å². The van der Waals surface area contributed by atoms with E-state index in [1.165, 1.54) is 0 Å². The zero-order valence-corrected chi connectivity index (χ0v) is 9.21. The number of nitrogens with zero attached hydrogens (tertiary/aromatic N) is 2. The predicted octanol–water partition coefficient (Wildman–Crippen LogP) is 1.65. The predicted molar refractivity (Wildman–Crippen MR) is 55.0 cm³/mol. The second-order valence-electron chi connectivity index (χ2n) is 4.15. The molecule has 0 bridgehead atoms. The summed E-state index contributed by atoms with van der Waals surface area (Å²) in [4.78, 5) is 4.36. The van der Waals surface area contributed by atoms with E-state index in [1.54, 1.807) is 0 Å². The molecule has 0 aliphatic rings. The van der Waals surface area contributed by atoms with E-state index in [-0.39, 0.29) is 5.41 Å². The van der Waals surface area contributed by atoms with E-state index in [4.69, 9.17) is 10.3 Å². The van der Waals surface area contributed by atoms with Gasteiger partial charge in [0.2, 0.25) is 5.89 Å². The Morgan fingerprint density at radius 3 is 2.71 bits per heavy atom. The smallest absolute Gasteiger partial charge is 0.232 e. The van der Waals surface area contributed by atoms with Crippen LogP contribution in [0.4, 0.5) is 0 Å². The van der Waals surface area contributed by atoms with Gasteiger partial charge in [-0.1, -0.05) is 25.9 Å². The fraction of sp³-hybridized carbons (Fsp3) is 0.800. The van der Waals surface area contributed by atoms with Gasteiger partial charge >= 0.3 is 0 Å². The van der Waals surface area contributed by atoms with Gasteiger partial charge in [-0.15, -0.1) is 0 Å². The van der Waals surface area contributed by atoms with Crippen LogP contribution in [0.1, 0.15) is 45.3 Å². The van der Waals surface area contributed by atoms with Crippen molar-refractivity contribution in [3.8, 4) is 0 Å². The van der Waals surface area contributed by atoms with Gasteiger partial charge in [-0.05, 0) is 19.4 Å². The Bertz CT molecular complexity index is 281. The van der Waals surface area contributed by atoms with Crippen molar-refractivity contribution in [2.24, 2.45) is 5.73 Å². The van der Waals surface area contributed by atoms with Crippen LogP contribution in [0.2, 0.25) is 0 Å². The van der Waals surface area contributed by atoms with E-state index in [1.807, 2.05) is 0 Å². The van der Waals surface area contributed by atoms with Gasteiger partial charge in [0.1, 0.15) is 0 Å². The quantitative estimate of drug-likeness (QED) is 0.779. The highest BCUT2D eigenvalue weighted by atomic mass is 16.5. The summed E-state index contributed by atoms with van der Waals surface area (Å²) in [6, 6.07) is 0. The highest BCUT2D eigenvalue weighted by Gasteiger charge is 2.25. The number of aromatic nitrogens is 2. The number of rotatable bonds is 5. The maximum atomic E-state index is 5.41. The molecular formula is C10H19N3O. The van der Waals surface area contributed by atoms with Crippen LogP contribution in [0.5, 0.6) is 0 Å². The molecule has 1 aromatic heterocycles. The second kappa shape index (κ2) is 4.55. The molecule has 4 nitrogen and oxygen atoms in total. The number of nitrogens with two attached hydrogens (primary N) is 1. The molecule has 14 heavy (non-hydrogen) atoms. The maximum absolute atomic E-state index is 5.41. The van der Waals surface area contributed by atoms with Crippen LogP contribution >= 0.6 is 0 Å². The zero-order chi connectivity index (χ0) is 10.6. The molecule has 1 heterocycles. The topological polar surface area (TPSA) is 64.9 Å². The Kier molecular flexibility index (Phi) is 3.63. The molecule has 0 atom stereocenters. The Balaban J connectivity index is 2.67. The van der Waals surface area contributed by atoms with Crippen LogP contribution in [-0.4, -0.2) is 16.7 Å². The largest absolute Gasteiger partial charge is 0.339 e. The normalized spacial score (nSPS) is 12.0. The molecule has 0 radical (unpaired) electrons. The van der Waals surface area contributed by atoms with Crippen molar-refractivity contribution in [2.45, 2.75) is 45.4 Å². The molecule has 1 aromatic rings. The first-order valence-electron chi connectivity index (χ1n) is 5.13. The van der Waals surface area contributed by atoms with Crippen molar-refractivity contribution in [1.29, 1.82) is 0 Å². The number of hydrogen-bond acceptors (Lipinski definition) is 4. The fourth-order valence-corrected chi connectivity index (χ4v) is 1.04. The SMILES string of the molecule is CCC(C)(C)c1nc(CCCN)no1. The highest BCUT2D eigenvalue weighted by molar-refractivity contribution is 5.00. The first kappa shape index (κ1) is 11.2. The summed E-state index contributed by atoms with van der Waals surface area (Å²) >= 11 is 0.